The lowest BCUT2D eigenvalue weighted by atomic mass is 9.74. The molecule has 0 aromatic rings. The fourth-order valence-corrected chi connectivity index (χ4v) is 8.38. The van der Waals surface area contributed by atoms with E-state index >= 15 is 0 Å². The number of piperidine rings is 1. The van der Waals surface area contributed by atoms with Crippen molar-refractivity contribution in [2.45, 2.75) is 128 Å². The second-order valence-electron chi connectivity index (χ2n) is 16.4. The number of aliphatic hydroxyl groups excluding tert-OH is 2. The van der Waals surface area contributed by atoms with Gasteiger partial charge in [0.05, 0.1) is 30.0 Å². The van der Waals surface area contributed by atoms with Crippen molar-refractivity contribution < 1.29 is 38.7 Å². The minimum absolute atomic E-state index is 0.00396. The van der Waals surface area contributed by atoms with E-state index in [1.807, 2.05) is 39.9 Å². The Morgan fingerprint density at radius 1 is 1.06 bits per heavy atom. The number of Topliss-reactive ketones (excluding diaryl/α,β-unsaturated/α-hetero) is 1. The van der Waals surface area contributed by atoms with Gasteiger partial charge in [-0.05, 0) is 118 Å². The van der Waals surface area contributed by atoms with Crippen LogP contribution in [-0.2, 0) is 28.5 Å². The van der Waals surface area contributed by atoms with Gasteiger partial charge < -0.3 is 39.0 Å². The minimum atomic E-state index is -1.48. The average Bonchev–Trinajstić information content (AvgIpc) is 3.83. The molecule has 11 nitrogen and oxygen atoms in total. The molecule has 272 valence electrons. The van der Waals surface area contributed by atoms with Crippen LogP contribution in [0.15, 0.2) is 0 Å². The van der Waals surface area contributed by atoms with Gasteiger partial charge in [-0.25, -0.2) is 0 Å². The molecule has 0 amide bonds. The first-order valence-corrected chi connectivity index (χ1v) is 18.0. The molecule has 0 spiro atoms. The smallest absolute Gasteiger partial charge is 0.319 e. The summed E-state index contributed by atoms with van der Waals surface area (Å²) in [6.07, 6.45) is 2.04. The number of likely N-dealkylation sites (tertiary alicyclic amines) is 1. The van der Waals surface area contributed by atoms with Crippen molar-refractivity contribution in [2.75, 3.05) is 61.0 Å². The molecule has 3 saturated heterocycles. The van der Waals surface area contributed by atoms with Crippen molar-refractivity contribution in [3.05, 3.63) is 0 Å². The SMILES string of the molecule is CO[C@]1(C)C[C@@H](C)CN(C)[C@@H]([C@H](O)C2CCN(CC3CC3)CC2)COC(=O)C(C)(C)C(=O)[C@H](C)[C@H]1OC1OC(C)CC(N(C)C)C1O. The normalized spacial score (nSPS) is 39.9. The predicted octanol–water partition coefficient (Wildman–Crippen LogP) is 2.80. The number of carbonyl (C=O) groups excluding carboxylic acids is 2. The van der Waals surface area contributed by atoms with E-state index in [0.717, 1.165) is 38.4 Å². The van der Waals surface area contributed by atoms with Gasteiger partial charge in [-0.3, -0.25) is 14.5 Å². The van der Waals surface area contributed by atoms with Gasteiger partial charge in [0.2, 0.25) is 0 Å². The van der Waals surface area contributed by atoms with Crippen LogP contribution in [-0.4, -0.2) is 146 Å². The Kier molecular flexibility index (Phi) is 13.0. The van der Waals surface area contributed by atoms with Gasteiger partial charge in [-0.1, -0.05) is 13.8 Å². The zero-order chi connectivity index (χ0) is 34.8. The first-order valence-electron chi connectivity index (χ1n) is 18.0. The largest absolute Gasteiger partial charge is 0.463 e. The lowest BCUT2D eigenvalue weighted by Crippen LogP contribution is -2.59. The van der Waals surface area contributed by atoms with Crippen molar-refractivity contribution in [1.29, 1.82) is 0 Å². The third kappa shape index (κ3) is 9.14. The number of aliphatic hydroxyl groups is 2. The molecule has 4 unspecified atom stereocenters. The van der Waals surface area contributed by atoms with Gasteiger partial charge in [0.25, 0.3) is 0 Å². The van der Waals surface area contributed by atoms with Gasteiger partial charge in [0.15, 0.2) is 12.1 Å². The van der Waals surface area contributed by atoms with Crippen LogP contribution in [0.25, 0.3) is 0 Å². The quantitative estimate of drug-likeness (QED) is 0.294. The second-order valence-corrected chi connectivity index (χ2v) is 16.4. The summed E-state index contributed by atoms with van der Waals surface area (Å²) < 4.78 is 24.9. The molecule has 4 fully saturated rings. The van der Waals surface area contributed by atoms with Gasteiger partial charge in [0, 0.05) is 32.2 Å². The molecule has 3 aliphatic heterocycles. The number of hydrogen-bond acceptors (Lipinski definition) is 11. The summed E-state index contributed by atoms with van der Waals surface area (Å²) in [6.45, 7) is 14.7. The summed E-state index contributed by atoms with van der Waals surface area (Å²) in [5.41, 5.74) is -2.45. The van der Waals surface area contributed by atoms with E-state index in [4.69, 9.17) is 18.9 Å². The molecule has 10 atom stereocenters. The van der Waals surface area contributed by atoms with Crippen LogP contribution in [0.2, 0.25) is 0 Å². The topological polar surface area (TPSA) is 121 Å². The number of rotatable bonds is 8. The van der Waals surface area contributed by atoms with Crippen molar-refractivity contribution in [3.63, 3.8) is 0 Å². The Bertz CT molecular complexity index is 1050. The van der Waals surface area contributed by atoms with Crippen LogP contribution >= 0.6 is 0 Å². The first-order chi connectivity index (χ1) is 22.0. The van der Waals surface area contributed by atoms with E-state index in [0.29, 0.717) is 19.4 Å². The highest BCUT2D eigenvalue weighted by Crippen LogP contribution is 2.39. The Morgan fingerprint density at radius 2 is 1.70 bits per heavy atom. The molecule has 4 aliphatic rings. The van der Waals surface area contributed by atoms with Crippen LogP contribution < -0.4 is 0 Å². The maximum Gasteiger partial charge on any atom is 0.319 e. The Hall–Kier alpha value is -1.18. The van der Waals surface area contributed by atoms with Crippen molar-refractivity contribution in [1.82, 2.24) is 14.7 Å². The van der Waals surface area contributed by atoms with Crippen LogP contribution in [0.3, 0.4) is 0 Å². The number of ketones is 1. The van der Waals surface area contributed by atoms with Crippen molar-refractivity contribution in [3.8, 4) is 0 Å². The molecular weight excluding hydrogens is 602 g/mol. The third-order valence-electron chi connectivity index (χ3n) is 11.6. The molecule has 0 aromatic carbocycles. The summed E-state index contributed by atoms with van der Waals surface area (Å²) in [7, 11) is 7.43. The Labute approximate surface area is 283 Å². The van der Waals surface area contributed by atoms with Gasteiger partial charge in [0.1, 0.15) is 18.1 Å². The summed E-state index contributed by atoms with van der Waals surface area (Å²) in [6, 6.07) is -0.604. The van der Waals surface area contributed by atoms with Crippen LogP contribution in [0.1, 0.15) is 80.1 Å². The molecule has 0 bridgehead atoms. The van der Waals surface area contributed by atoms with Crippen LogP contribution in [0.5, 0.6) is 0 Å². The Balaban J connectivity index is 1.59. The lowest BCUT2D eigenvalue weighted by Gasteiger charge is -2.47. The number of hydrogen-bond donors (Lipinski definition) is 2. The molecule has 11 heteroatoms. The number of methoxy groups -OCH3 is 1. The van der Waals surface area contributed by atoms with Crippen molar-refractivity contribution >= 4 is 11.8 Å². The highest BCUT2D eigenvalue weighted by atomic mass is 16.7. The molecule has 3 heterocycles. The number of likely N-dealkylation sites (N-methyl/N-ethyl adjacent to an activating group) is 2. The fourth-order valence-electron chi connectivity index (χ4n) is 8.38. The molecule has 1 aliphatic carbocycles. The van der Waals surface area contributed by atoms with E-state index in [2.05, 4.69) is 16.7 Å². The minimum Gasteiger partial charge on any atom is -0.463 e. The number of ether oxygens (including phenoxy) is 4. The van der Waals surface area contributed by atoms with Gasteiger partial charge in [-0.2, -0.15) is 0 Å². The predicted molar refractivity (Wildman–Crippen MR) is 180 cm³/mol. The molecule has 0 aromatic heterocycles. The third-order valence-corrected chi connectivity index (χ3v) is 11.6. The summed E-state index contributed by atoms with van der Waals surface area (Å²) in [4.78, 5) is 34.6. The summed E-state index contributed by atoms with van der Waals surface area (Å²) in [5, 5.41) is 23.1. The summed E-state index contributed by atoms with van der Waals surface area (Å²) in [5.74, 6) is -0.744. The van der Waals surface area contributed by atoms with Gasteiger partial charge >= 0.3 is 5.97 Å². The molecule has 4 rings (SSSR count). The standard InChI is InChI=1S/C36H65N3O8/c1-22-18-36(6,44-10)32(47-33-30(41)27(37(7)8)17-23(2)46-33)24(3)31(42)35(4,5)34(43)45-21-28(38(9)19-22)29(40)26-13-15-39(16-14-26)20-25-11-12-25/h22-30,32-33,40-41H,11-21H2,1-10H3/t22-,23?,24+,27?,28-,29-,30?,32-,33?,36-/m1/s1. The van der Waals surface area contributed by atoms with E-state index < -0.39 is 53.5 Å². The molecular formula is C36H65N3O8. The maximum absolute atomic E-state index is 14.3. The first kappa shape index (κ1) is 38.6. The van der Waals surface area contributed by atoms with E-state index in [1.54, 1.807) is 27.9 Å². The monoisotopic (exact) mass is 667 g/mol. The highest BCUT2D eigenvalue weighted by Gasteiger charge is 2.52. The Morgan fingerprint density at radius 3 is 2.28 bits per heavy atom. The number of carbonyl (C=O) groups is 2. The molecule has 1 saturated carbocycles. The average molecular weight is 668 g/mol. The van der Waals surface area contributed by atoms with Gasteiger partial charge in [-0.15, -0.1) is 0 Å². The van der Waals surface area contributed by atoms with Crippen LogP contribution in [0, 0.1) is 29.1 Å². The number of nitrogens with zero attached hydrogens (tertiary/aromatic N) is 3. The molecule has 2 N–H and O–H groups in total. The second kappa shape index (κ2) is 15.8. The van der Waals surface area contributed by atoms with E-state index in [-0.39, 0.29) is 36.4 Å². The van der Waals surface area contributed by atoms with Crippen molar-refractivity contribution in [2.24, 2.45) is 29.1 Å². The van der Waals surface area contributed by atoms with E-state index in [1.165, 1.54) is 12.8 Å². The fraction of sp³-hybridized carbons (Fsp3) is 0.944. The zero-order valence-electron chi connectivity index (χ0n) is 30.8. The maximum atomic E-state index is 14.3. The molecule has 0 radical (unpaired) electrons. The summed E-state index contributed by atoms with van der Waals surface area (Å²) >= 11 is 0. The lowest BCUT2D eigenvalue weighted by molar-refractivity contribution is -0.295. The number of cyclic esters (lactones) is 1. The molecule has 47 heavy (non-hydrogen) atoms. The highest BCUT2D eigenvalue weighted by molar-refractivity contribution is 6.04. The van der Waals surface area contributed by atoms with E-state index in [9.17, 15) is 19.8 Å². The zero-order valence-corrected chi connectivity index (χ0v) is 30.8. The van der Waals surface area contributed by atoms with Crippen LogP contribution in [0.4, 0.5) is 0 Å². The number of esters is 1.